The molecule has 24 heteroatoms. The lowest BCUT2D eigenvalue weighted by Gasteiger charge is -2.30. The number of primary amides is 1. The SMILES string of the molecule is NC(=O)C1=CN([C@H]2O[C@@H](COP(=O)(O)OP(=O)(O)OC[C@H]3O[C@@H](n4cnc5c(N)ncnc54)[C@H](O)[C@@H]3O)[C@H](O)[C@@H]2O)C=CC12CO2. The number of carbonyl (C=O) groups excluding carboxylic acids is 1. The first-order chi connectivity index (χ1) is 21.6. The fourth-order valence-electron chi connectivity index (χ4n) is 5.14. The van der Waals surface area contributed by atoms with Gasteiger partial charge in [-0.25, -0.2) is 24.1 Å². The first kappa shape index (κ1) is 33.0. The fraction of sp³-hybridized carbons (Fsp3) is 0.545. The van der Waals surface area contributed by atoms with Gasteiger partial charge in [0.1, 0.15) is 54.1 Å². The van der Waals surface area contributed by atoms with Crippen LogP contribution < -0.4 is 11.5 Å². The number of aliphatic hydroxyl groups excluding tert-OH is 4. The topological polar surface area (TPSA) is 330 Å². The Balaban J connectivity index is 1.02. The molecule has 0 aliphatic carbocycles. The Morgan fingerprint density at radius 1 is 0.978 bits per heavy atom. The number of hydrogen-bond acceptors (Lipinski definition) is 18. The molecule has 22 nitrogen and oxygen atoms in total. The lowest BCUT2D eigenvalue weighted by Crippen LogP contribution is -2.42. The standard InChI is InChI=1S/C22H29N7O15P2/c23-17-12-19(26-7-25-17)29(8-27-12)21-16(33)14(31)11(43-21)5-41-46(37,38)44-45(35,36)40-4-10-13(30)15(32)20(42-10)28-2-1-22(6-39-22)9(3-28)18(24)34/h1-3,7-8,10-11,13-16,20-21,30-33H,4-6H2,(H2,24,34)(H,35,36)(H,37,38)(H2,23,25,26)/t10-,11+,13-,14+,15-,16+,20-,21+,22?/m0/s1. The average Bonchev–Trinajstić information content (AvgIpc) is 3.38. The molecule has 0 radical (unpaired) electrons. The van der Waals surface area contributed by atoms with Crippen molar-refractivity contribution >= 4 is 38.5 Å². The number of anilines is 1. The Bertz CT molecular complexity index is 1670. The van der Waals surface area contributed by atoms with E-state index in [1.807, 2.05) is 0 Å². The Morgan fingerprint density at radius 3 is 2.15 bits per heavy atom. The van der Waals surface area contributed by atoms with E-state index >= 15 is 0 Å². The maximum absolute atomic E-state index is 12.5. The molecule has 0 bridgehead atoms. The number of ether oxygens (including phenoxy) is 3. The van der Waals surface area contributed by atoms with Crippen molar-refractivity contribution in [3.8, 4) is 0 Å². The maximum Gasteiger partial charge on any atom is 0.481 e. The number of phosphoric ester groups is 2. The van der Waals surface area contributed by atoms with Crippen LogP contribution in [0.5, 0.6) is 0 Å². The molecular formula is C22H29N7O15P2. The monoisotopic (exact) mass is 693 g/mol. The summed E-state index contributed by atoms with van der Waals surface area (Å²) < 4.78 is 56.3. The highest BCUT2D eigenvalue weighted by Gasteiger charge is 2.53. The van der Waals surface area contributed by atoms with Gasteiger partial charge >= 0.3 is 15.6 Å². The number of aliphatic hydroxyl groups is 4. The lowest BCUT2D eigenvalue weighted by atomic mass is 9.97. The van der Waals surface area contributed by atoms with Gasteiger partial charge in [0.25, 0.3) is 0 Å². The molecule has 3 fully saturated rings. The van der Waals surface area contributed by atoms with Crippen LogP contribution in [0.15, 0.2) is 36.7 Å². The largest absolute Gasteiger partial charge is 0.481 e. The molecule has 0 aromatic carbocycles. The summed E-state index contributed by atoms with van der Waals surface area (Å²) in [5, 5.41) is 41.9. The second-order valence-corrected chi connectivity index (χ2v) is 13.7. The minimum Gasteiger partial charge on any atom is -0.387 e. The predicted octanol–water partition coefficient (Wildman–Crippen LogP) is -3.31. The van der Waals surface area contributed by atoms with Gasteiger partial charge in [0, 0.05) is 12.4 Å². The highest BCUT2D eigenvalue weighted by Crippen LogP contribution is 2.60. The molecule has 3 saturated heterocycles. The van der Waals surface area contributed by atoms with E-state index in [-0.39, 0.29) is 29.2 Å². The van der Waals surface area contributed by atoms with E-state index in [4.69, 9.17) is 34.7 Å². The van der Waals surface area contributed by atoms with E-state index in [1.54, 1.807) is 0 Å². The number of rotatable bonds is 11. The molecule has 1 spiro atoms. The van der Waals surface area contributed by atoms with Gasteiger partial charge in [-0.05, 0) is 6.08 Å². The minimum absolute atomic E-state index is 0.0488. The van der Waals surface area contributed by atoms with Gasteiger partial charge in [-0.1, -0.05) is 0 Å². The van der Waals surface area contributed by atoms with Crippen molar-refractivity contribution in [3.63, 3.8) is 0 Å². The summed E-state index contributed by atoms with van der Waals surface area (Å²) in [5.74, 6) is -0.737. The zero-order valence-electron chi connectivity index (χ0n) is 23.3. The Labute approximate surface area is 257 Å². The summed E-state index contributed by atoms with van der Waals surface area (Å²) in [5.41, 5.74) is 10.6. The molecule has 0 saturated carbocycles. The summed E-state index contributed by atoms with van der Waals surface area (Å²) in [4.78, 5) is 45.1. The highest BCUT2D eigenvalue weighted by molar-refractivity contribution is 7.61. The van der Waals surface area contributed by atoms with Crippen LogP contribution in [0.1, 0.15) is 6.23 Å². The molecule has 6 heterocycles. The van der Waals surface area contributed by atoms with Crippen LogP contribution in [-0.4, -0.2) is 129 Å². The van der Waals surface area contributed by atoms with Crippen LogP contribution in [0.4, 0.5) is 5.82 Å². The number of amides is 1. The molecule has 2 aromatic heterocycles. The van der Waals surface area contributed by atoms with Gasteiger partial charge < -0.3 is 60.8 Å². The van der Waals surface area contributed by atoms with Crippen LogP contribution in [0.2, 0.25) is 0 Å². The summed E-state index contributed by atoms with van der Waals surface area (Å²) in [6, 6.07) is 0. The van der Waals surface area contributed by atoms with E-state index in [2.05, 4.69) is 19.3 Å². The van der Waals surface area contributed by atoms with Crippen molar-refractivity contribution < 1.29 is 71.7 Å². The Hall–Kier alpha value is -2.92. The van der Waals surface area contributed by atoms with Gasteiger partial charge in [-0.15, -0.1) is 0 Å². The maximum atomic E-state index is 12.5. The Kier molecular flexibility index (Phi) is 8.57. The van der Waals surface area contributed by atoms with Gasteiger partial charge in [0.15, 0.2) is 23.9 Å². The molecule has 6 rings (SSSR count). The first-order valence-corrected chi connectivity index (χ1v) is 16.4. The quantitative estimate of drug-likeness (QED) is 0.0843. The minimum atomic E-state index is -5.39. The molecule has 10 N–H and O–H groups in total. The number of nitrogens with zero attached hydrogens (tertiary/aromatic N) is 5. The zero-order valence-corrected chi connectivity index (χ0v) is 25.1. The number of nitrogen functional groups attached to an aromatic ring is 1. The molecule has 3 unspecified atom stereocenters. The predicted molar refractivity (Wildman–Crippen MR) is 146 cm³/mol. The molecule has 11 atom stereocenters. The van der Waals surface area contributed by atoms with E-state index < -0.39 is 89.4 Å². The second kappa shape index (κ2) is 12.0. The normalized spacial score (nSPS) is 36.6. The first-order valence-electron chi connectivity index (χ1n) is 13.4. The molecule has 46 heavy (non-hydrogen) atoms. The van der Waals surface area contributed by atoms with Crippen molar-refractivity contribution in [3.05, 3.63) is 36.7 Å². The zero-order chi connectivity index (χ0) is 33.2. The third-order valence-corrected chi connectivity index (χ3v) is 10.2. The number of fused-ring (bicyclic) bond motifs is 1. The van der Waals surface area contributed by atoms with Crippen LogP contribution in [0.25, 0.3) is 11.2 Å². The van der Waals surface area contributed by atoms with Gasteiger partial charge in [0.2, 0.25) is 5.91 Å². The van der Waals surface area contributed by atoms with Crippen LogP contribution in [-0.2, 0) is 41.5 Å². The second-order valence-electron chi connectivity index (χ2n) is 10.6. The molecule has 252 valence electrons. The van der Waals surface area contributed by atoms with E-state index in [0.717, 1.165) is 6.33 Å². The van der Waals surface area contributed by atoms with Crippen LogP contribution in [0.3, 0.4) is 0 Å². The van der Waals surface area contributed by atoms with Crippen molar-refractivity contribution in [1.29, 1.82) is 0 Å². The molecule has 4 aliphatic heterocycles. The van der Waals surface area contributed by atoms with E-state index in [9.17, 15) is 44.1 Å². The van der Waals surface area contributed by atoms with E-state index in [1.165, 1.54) is 34.3 Å². The fourth-order valence-corrected chi connectivity index (χ4v) is 7.23. The van der Waals surface area contributed by atoms with Gasteiger partial charge in [0.05, 0.1) is 31.7 Å². The number of phosphoric acid groups is 2. The molecular weight excluding hydrogens is 664 g/mol. The summed E-state index contributed by atoms with van der Waals surface area (Å²) in [6.07, 6.45) is -5.42. The van der Waals surface area contributed by atoms with Crippen LogP contribution in [0, 0.1) is 0 Å². The molecule has 2 aromatic rings. The lowest BCUT2D eigenvalue weighted by molar-refractivity contribution is -0.115. The highest BCUT2D eigenvalue weighted by atomic mass is 31.3. The average molecular weight is 693 g/mol. The van der Waals surface area contributed by atoms with Crippen molar-refractivity contribution in [1.82, 2.24) is 24.4 Å². The number of aromatic nitrogens is 4. The molecule has 1 amide bonds. The summed E-state index contributed by atoms with van der Waals surface area (Å²) >= 11 is 0. The van der Waals surface area contributed by atoms with Gasteiger partial charge in [-0.3, -0.25) is 18.4 Å². The smallest absolute Gasteiger partial charge is 0.387 e. The number of carbonyl (C=O) groups is 1. The third-order valence-electron chi connectivity index (χ3n) is 7.61. The number of epoxide rings is 1. The summed E-state index contributed by atoms with van der Waals surface area (Å²) in [7, 11) is -10.8. The van der Waals surface area contributed by atoms with Gasteiger partial charge in [-0.2, -0.15) is 4.31 Å². The molecule has 4 aliphatic rings. The number of imidazole rings is 1. The number of nitrogens with two attached hydrogens (primary N) is 2. The summed E-state index contributed by atoms with van der Waals surface area (Å²) in [6.45, 7) is -1.60. The Morgan fingerprint density at radius 2 is 1.57 bits per heavy atom. The number of hydrogen-bond donors (Lipinski definition) is 8. The third kappa shape index (κ3) is 6.21. The van der Waals surface area contributed by atoms with Crippen molar-refractivity contribution in [2.75, 3.05) is 25.6 Å². The van der Waals surface area contributed by atoms with Crippen molar-refractivity contribution in [2.24, 2.45) is 5.73 Å². The van der Waals surface area contributed by atoms with Crippen molar-refractivity contribution in [2.45, 2.75) is 54.7 Å². The van der Waals surface area contributed by atoms with E-state index in [0.29, 0.717) is 0 Å². The van der Waals surface area contributed by atoms with Crippen LogP contribution >= 0.6 is 15.6 Å².